The molecule has 8 nitrogen and oxygen atoms in total. The maximum atomic E-state index is 12.4. The molecular formula is C19H20Cl2N4O4. The molecule has 0 fully saturated rings. The molecule has 0 saturated heterocycles. The van der Waals surface area contributed by atoms with Crippen LogP contribution in [0.3, 0.4) is 0 Å². The zero-order chi connectivity index (χ0) is 21.4. The quantitative estimate of drug-likeness (QED) is 0.285. The lowest BCUT2D eigenvalue weighted by molar-refractivity contribution is -0.149. The number of rotatable bonds is 8. The molecule has 29 heavy (non-hydrogen) atoms. The zero-order valence-electron chi connectivity index (χ0n) is 15.4. The monoisotopic (exact) mass is 438 g/mol. The molecule has 154 valence electrons. The first kappa shape index (κ1) is 22.3. The predicted molar refractivity (Wildman–Crippen MR) is 112 cm³/mol. The first-order valence-electron chi connectivity index (χ1n) is 8.54. The molecule has 0 bridgehead atoms. The number of amides is 2. The summed E-state index contributed by atoms with van der Waals surface area (Å²) in [5, 5.41) is 19.0. The number of amidine groups is 1. The molecule has 2 atom stereocenters. The SMILES string of the molecule is C[C@H](O/N=C(\N)[C@H](Cc1ccc(Cl)cc1)NC(=O)Nc1ccc(Cl)cc1)C(=O)O. The number of urea groups is 1. The number of aliphatic carboxylic acids is 1. The molecule has 2 amide bonds. The zero-order valence-corrected chi connectivity index (χ0v) is 16.9. The molecule has 0 saturated carbocycles. The molecule has 10 heteroatoms. The van der Waals surface area contributed by atoms with E-state index < -0.39 is 24.1 Å². The van der Waals surface area contributed by atoms with Crippen LogP contribution in [0, 0.1) is 0 Å². The Morgan fingerprint density at radius 3 is 2.21 bits per heavy atom. The predicted octanol–water partition coefficient (Wildman–Crippen LogP) is 3.49. The second-order valence-corrected chi connectivity index (χ2v) is 6.96. The largest absolute Gasteiger partial charge is 0.478 e. The van der Waals surface area contributed by atoms with Crippen molar-refractivity contribution in [2.45, 2.75) is 25.5 Å². The van der Waals surface area contributed by atoms with E-state index in [-0.39, 0.29) is 12.3 Å². The summed E-state index contributed by atoms with van der Waals surface area (Å²) >= 11 is 11.7. The summed E-state index contributed by atoms with van der Waals surface area (Å²) in [5.74, 6) is -1.27. The van der Waals surface area contributed by atoms with Crippen LogP contribution >= 0.6 is 23.2 Å². The lowest BCUT2D eigenvalue weighted by atomic mass is 10.1. The number of hydrogen-bond acceptors (Lipinski definition) is 4. The van der Waals surface area contributed by atoms with Gasteiger partial charge in [-0.15, -0.1) is 0 Å². The van der Waals surface area contributed by atoms with E-state index >= 15 is 0 Å². The fourth-order valence-corrected chi connectivity index (χ4v) is 2.44. The number of hydrogen-bond donors (Lipinski definition) is 4. The van der Waals surface area contributed by atoms with Gasteiger partial charge in [-0.1, -0.05) is 40.5 Å². The van der Waals surface area contributed by atoms with E-state index in [4.69, 9.17) is 38.9 Å². The van der Waals surface area contributed by atoms with Gasteiger partial charge in [0.1, 0.15) is 0 Å². The second-order valence-electron chi connectivity index (χ2n) is 6.09. The molecule has 0 heterocycles. The van der Waals surface area contributed by atoms with Crippen LogP contribution in [0.25, 0.3) is 0 Å². The van der Waals surface area contributed by atoms with Crippen molar-refractivity contribution in [3.05, 3.63) is 64.1 Å². The van der Waals surface area contributed by atoms with Crippen LogP contribution in [0.1, 0.15) is 12.5 Å². The minimum absolute atomic E-state index is 0.0840. The van der Waals surface area contributed by atoms with Gasteiger partial charge in [-0.05, 0) is 48.9 Å². The van der Waals surface area contributed by atoms with Gasteiger partial charge in [0.25, 0.3) is 0 Å². The maximum absolute atomic E-state index is 12.4. The van der Waals surface area contributed by atoms with Crippen molar-refractivity contribution in [1.29, 1.82) is 0 Å². The van der Waals surface area contributed by atoms with E-state index in [2.05, 4.69) is 15.8 Å². The molecule has 0 aliphatic rings. The summed E-state index contributed by atoms with van der Waals surface area (Å²) in [6, 6.07) is 12.2. The van der Waals surface area contributed by atoms with Gasteiger partial charge < -0.3 is 26.3 Å². The van der Waals surface area contributed by atoms with Crippen molar-refractivity contribution in [3.8, 4) is 0 Å². The summed E-state index contributed by atoms with van der Waals surface area (Å²) in [7, 11) is 0. The van der Waals surface area contributed by atoms with Crippen LogP contribution in [0.4, 0.5) is 10.5 Å². The summed E-state index contributed by atoms with van der Waals surface area (Å²) in [6.07, 6.45) is -0.904. The molecular weight excluding hydrogens is 419 g/mol. The van der Waals surface area contributed by atoms with Gasteiger partial charge in [-0.2, -0.15) is 0 Å². The summed E-state index contributed by atoms with van der Waals surface area (Å²) in [4.78, 5) is 28.1. The highest BCUT2D eigenvalue weighted by atomic mass is 35.5. The number of carboxylic acid groups (broad SMARTS) is 1. The maximum Gasteiger partial charge on any atom is 0.347 e. The van der Waals surface area contributed by atoms with Crippen molar-refractivity contribution in [2.24, 2.45) is 10.9 Å². The molecule has 0 aromatic heterocycles. The van der Waals surface area contributed by atoms with Gasteiger partial charge in [0.2, 0.25) is 6.10 Å². The standard InChI is InChI=1S/C19H20Cl2N4O4/c1-11(18(26)27)29-25-17(22)16(10-12-2-4-13(20)5-3-12)24-19(28)23-15-8-6-14(21)7-9-15/h2-9,11,16H,10H2,1H3,(H2,22,25)(H,26,27)(H2,23,24,28)/t11-,16-/m0/s1. The van der Waals surface area contributed by atoms with Gasteiger partial charge in [-0.3, -0.25) is 0 Å². The van der Waals surface area contributed by atoms with Gasteiger partial charge in [-0.25, -0.2) is 9.59 Å². The molecule has 5 N–H and O–H groups in total. The number of oxime groups is 1. The van der Waals surface area contributed by atoms with Crippen molar-refractivity contribution < 1.29 is 19.5 Å². The van der Waals surface area contributed by atoms with E-state index in [0.717, 1.165) is 5.56 Å². The van der Waals surface area contributed by atoms with Crippen LogP contribution in [0.15, 0.2) is 53.7 Å². The molecule has 0 spiro atoms. The number of nitrogens with one attached hydrogen (secondary N) is 2. The Balaban J connectivity index is 2.12. The topological polar surface area (TPSA) is 126 Å². The van der Waals surface area contributed by atoms with Crippen molar-refractivity contribution in [3.63, 3.8) is 0 Å². The molecule has 2 aromatic carbocycles. The Hall–Kier alpha value is -2.97. The van der Waals surface area contributed by atoms with Crippen molar-refractivity contribution in [2.75, 3.05) is 5.32 Å². The minimum Gasteiger partial charge on any atom is -0.478 e. The van der Waals surface area contributed by atoms with Gasteiger partial charge in [0.05, 0.1) is 6.04 Å². The normalized spacial score (nSPS) is 13.3. The van der Waals surface area contributed by atoms with E-state index in [1.807, 2.05) is 0 Å². The van der Waals surface area contributed by atoms with Crippen LogP contribution in [0.5, 0.6) is 0 Å². The van der Waals surface area contributed by atoms with E-state index in [9.17, 15) is 9.59 Å². The molecule has 0 aliphatic carbocycles. The fourth-order valence-electron chi connectivity index (χ4n) is 2.19. The number of carboxylic acids is 1. The van der Waals surface area contributed by atoms with Gasteiger partial charge in [0.15, 0.2) is 5.84 Å². The van der Waals surface area contributed by atoms with Gasteiger partial charge >= 0.3 is 12.0 Å². The summed E-state index contributed by atoms with van der Waals surface area (Å²) < 4.78 is 0. The molecule has 0 unspecified atom stereocenters. The minimum atomic E-state index is -1.19. The third-order valence-electron chi connectivity index (χ3n) is 3.78. The summed E-state index contributed by atoms with van der Waals surface area (Å²) in [6.45, 7) is 1.31. The van der Waals surface area contributed by atoms with E-state index in [1.165, 1.54) is 6.92 Å². The number of carbonyl (C=O) groups is 2. The van der Waals surface area contributed by atoms with E-state index in [0.29, 0.717) is 15.7 Å². The van der Waals surface area contributed by atoms with Crippen LogP contribution in [-0.4, -0.2) is 35.1 Å². The number of carbonyl (C=O) groups excluding carboxylic acids is 1. The van der Waals surface area contributed by atoms with Gasteiger partial charge in [0, 0.05) is 22.2 Å². The number of nitrogens with two attached hydrogens (primary N) is 1. The van der Waals surface area contributed by atoms with E-state index in [1.54, 1.807) is 48.5 Å². The highest BCUT2D eigenvalue weighted by molar-refractivity contribution is 6.30. The lowest BCUT2D eigenvalue weighted by Gasteiger charge is -2.19. The van der Waals surface area contributed by atoms with Crippen LogP contribution < -0.4 is 16.4 Å². The van der Waals surface area contributed by atoms with Crippen LogP contribution in [-0.2, 0) is 16.1 Å². The first-order valence-corrected chi connectivity index (χ1v) is 9.29. The third kappa shape index (κ3) is 7.52. The fraction of sp³-hybridized carbons (Fsp3) is 0.211. The number of nitrogens with zero attached hydrogens (tertiary/aromatic N) is 1. The first-order chi connectivity index (χ1) is 13.7. The number of anilines is 1. The average molecular weight is 439 g/mol. The highest BCUT2D eigenvalue weighted by Crippen LogP contribution is 2.14. The molecule has 2 aromatic rings. The Morgan fingerprint density at radius 1 is 1.10 bits per heavy atom. The average Bonchev–Trinajstić information content (AvgIpc) is 2.68. The molecule has 2 rings (SSSR count). The summed E-state index contributed by atoms with van der Waals surface area (Å²) in [5.41, 5.74) is 7.31. The Kier molecular flexibility index (Phi) is 8.11. The van der Waals surface area contributed by atoms with Crippen molar-refractivity contribution >= 4 is 46.7 Å². The van der Waals surface area contributed by atoms with Crippen LogP contribution in [0.2, 0.25) is 10.0 Å². The smallest absolute Gasteiger partial charge is 0.347 e. The highest BCUT2D eigenvalue weighted by Gasteiger charge is 2.20. The second kappa shape index (κ2) is 10.5. The number of benzene rings is 2. The lowest BCUT2D eigenvalue weighted by Crippen LogP contribution is -2.47. The van der Waals surface area contributed by atoms with Crippen molar-refractivity contribution in [1.82, 2.24) is 5.32 Å². The Morgan fingerprint density at radius 2 is 1.66 bits per heavy atom. The molecule has 0 aliphatic heterocycles. The Labute approximate surface area is 177 Å². The third-order valence-corrected chi connectivity index (χ3v) is 4.29. The number of halogens is 2. The Bertz CT molecular complexity index is 873. The molecule has 0 radical (unpaired) electrons.